The lowest BCUT2D eigenvalue weighted by molar-refractivity contribution is 0.0705. The molecular weight excluding hydrogens is 435 g/mol. The quantitative estimate of drug-likeness (QED) is 0.673. The Morgan fingerprint density at radius 3 is 3.00 bits per heavy atom. The van der Waals surface area contributed by atoms with Crippen LogP contribution in [0.2, 0.25) is 0 Å². The van der Waals surface area contributed by atoms with Crippen LogP contribution in [0.25, 0.3) is 0 Å². The fraction of sp³-hybridized carbons (Fsp3) is 0.500. The van der Waals surface area contributed by atoms with Crippen molar-refractivity contribution >= 4 is 44.4 Å². The predicted octanol–water partition coefficient (Wildman–Crippen LogP) is 2.24. The maximum absolute atomic E-state index is 12.7. The zero-order valence-corrected chi connectivity index (χ0v) is 14.9. The second kappa shape index (κ2) is 7.72. The largest absolute Gasteiger partial charge is 0.395 e. The highest BCUT2D eigenvalue weighted by Crippen LogP contribution is 2.20. The van der Waals surface area contributed by atoms with E-state index < -0.39 is 0 Å². The van der Waals surface area contributed by atoms with Crippen molar-refractivity contribution in [2.45, 2.75) is 18.9 Å². The highest BCUT2D eigenvalue weighted by Gasteiger charge is 2.23. The van der Waals surface area contributed by atoms with Crippen molar-refractivity contribution in [3.8, 4) is 0 Å². The monoisotopic (exact) mass is 452 g/mol. The Hall–Kier alpha value is -0.180. The molecule has 1 aromatic carbocycles. The van der Waals surface area contributed by atoms with Crippen LogP contribution in [-0.2, 0) is 0 Å². The van der Waals surface area contributed by atoms with Gasteiger partial charge in [-0.3, -0.25) is 4.79 Å². The first-order valence-electron chi connectivity index (χ1n) is 6.70. The van der Waals surface area contributed by atoms with Gasteiger partial charge in [0.15, 0.2) is 0 Å². The molecule has 110 valence electrons. The van der Waals surface area contributed by atoms with Crippen LogP contribution in [0.5, 0.6) is 0 Å². The van der Waals surface area contributed by atoms with Gasteiger partial charge in [-0.1, -0.05) is 15.9 Å². The van der Waals surface area contributed by atoms with Crippen LogP contribution < -0.4 is 5.32 Å². The maximum atomic E-state index is 12.7. The smallest absolute Gasteiger partial charge is 0.255 e. The number of nitrogens with one attached hydrogen (secondary N) is 1. The molecule has 1 atom stereocenters. The molecule has 1 aliphatic rings. The lowest BCUT2D eigenvalue weighted by Crippen LogP contribution is -2.42. The highest BCUT2D eigenvalue weighted by molar-refractivity contribution is 14.1. The van der Waals surface area contributed by atoms with Crippen molar-refractivity contribution in [1.29, 1.82) is 0 Å². The van der Waals surface area contributed by atoms with Gasteiger partial charge in [0, 0.05) is 27.2 Å². The standard InChI is InChI=1S/C14H18BrIN2O2/c15-10-3-4-13(16)12(8-10)14(20)18(6-7-19)9-11-2-1-5-17-11/h3-4,8,11,17,19H,1-2,5-7,9H2. The lowest BCUT2D eigenvalue weighted by Gasteiger charge is -2.25. The molecule has 0 aliphatic carbocycles. The minimum Gasteiger partial charge on any atom is -0.395 e. The Labute approximate surface area is 141 Å². The summed E-state index contributed by atoms with van der Waals surface area (Å²) >= 11 is 5.58. The molecule has 4 nitrogen and oxygen atoms in total. The number of nitrogens with zero attached hydrogens (tertiary/aromatic N) is 1. The number of hydrogen-bond donors (Lipinski definition) is 2. The number of amides is 1. The van der Waals surface area contributed by atoms with Gasteiger partial charge in [-0.2, -0.15) is 0 Å². The molecule has 2 rings (SSSR count). The number of rotatable bonds is 5. The van der Waals surface area contributed by atoms with Gasteiger partial charge in [-0.25, -0.2) is 0 Å². The summed E-state index contributed by atoms with van der Waals surface area (Å²) in [5, 5.41) is 12.6. The number of hydrogen-bond acceptors (Lipinski definition) is 3. The maximum Gasteiger partial charge on any atom is 0.255 e. The molecule has 1 aromatic rings. The van der Waals surface area contributed by atoms with E-state index in [1.165, 1.54) is 0 Å². The van der Waals surface area contributed by atoms with E-state index in [0.29, 0.717) is 24.7 Å². The minimum absolute atomic E-state index is 0.0109. The molecule has 0 aromatic heterocycles. The summed E-state index contributed by atoms with van der Waals surface area (Å²) in [6.07, 6.45) is 2.24. The van der Waals surface area contributed by atoms with Gasteiger partial charge in [0.2, 0.25) is 0 Å². The van der Waals surface area contributed by atoms with Crippen molar-refractivity contribution in [2.24, 2.45) is 0 Å². The molecule has 1 amide bonds. The first kappa shape index (κ1) is 16.2. The van der Waals surface area contributed by atoms with Crippen molar-refractivity contribution < 1.29 is 9.90 Å². The van der Waals surface area contributed by atoms with E-state index in [1.54, 1.807) is 4.90 Å². The number of benzene rings is 1. The Kier molecular flexibility index (Phi) is 6.25. The highest BCUT2D eigenvalue weighted by atomic mass is 127. The SMILES string of the molecule is O=C(c1cc(Br)ccc1I)N(CCO)CC1CCCN1. The molecule has 1 aliphatic heterocycles. The summed E-state index contributed by atoms with van der Waals surface area (Å²) < 4.78 is 1.82. The fourth-order valence-electron chi connectivity index (χ4n) is 2.41. The molecule has 0 spiro atoms. The molecule has 0 bridgehead atoms. The lowest BCUT2D eigenvalue weighted by atomic mass is 10.1. The first-order valence-corrected chi connectivity index (χ1v) is 8.57. The topological polar surface area (TPSA) is 52.6 Å². The summed E-state index contributed by atoms with van der Waals surface area (Å²) in [5.74, 6) is -0.0153. The molecule has 2 N–H and O–H groups in total. The number of aliphatic hydroxyl groups excluding tert-OH is 1. The average molecular weight is 453 g/mol. The van der Waals surface area contributed by atoms with E-state index in [-0.39, 0.29) is 12.5 Å². The van der Waals surface area contributed by atoms with Gasteiger partial charge in [-0.05, 0) is 60.2 Å². The van der Waals surface area contributed by atoms with Crippen LogP contribution in [0.1, 0.15) is 23.2 Å². The van der Waals surface area contributed by atoms with Crippen molar-refractivity contribution in [3.63, 3.8) is 0 Å². The normalized spacial score (nSPS) is 18.2. The molecule has 1 fully saturated rings. The summed E-state index contributed by atoms with van der Waals surface area (Å²) in [6, 6.07) is 6.03. The molecule has 20 heavy (non-hydrogen) atoms. The molecule has 0 radical (unpaired) electrons. The third-order valence-corrected chi connectivity index (χ3v) is 4.85. The van der Waals surface area contributed by atoms with Gasteiger partial charge < -0.3 is 15.3 Å². The number of carbonyl (C=O) groups excluding carboxylic acids is 1. The van der Waals surface area contributed by atoms with Crippen molar-refractivity contribution in [3.05, 3.63) is 31.8 Å². The van der Waals surface area contributed by atoms with Crippen LogP contribution in [0.15, 0.2) is 22.7 Å². The second-order valence-electron chi connectivity index (χ2n) is 4.89. The Bertz CT molecular complexity index is 478. The van der Waals surface area contributed by atoms with Crippen molar-refractivity contribution in [2.75, 3.05) is 26.2 Å². The second-order valence-corrected chi connectivity index (χ2v) is 6.97. The van der Waals surface area contributed by atoms with E-state index in [1.807, 2.05) is 18.2 Å². The average Bonchev–Trinajstić information content (AvgIpc) is 2.93. The van der Waals surface area contributed by atoms with Crippen LogP contribution in [0.4, 0.5) is 0 Å². The predicted molar refractivity (Wildman–Crippen MR) is 90.9 cm³/mol. The van der Waals surface area contributed by atoms with Gasteiger partial charge >= 0.3 is 0 Å². The molecule has 1 heterocycles. The Morgan fingerprint density at radius 2 is 2.35 bits per heavy atom. The number of halogens is 2. The van der Waals surface area contributed by atoms with Gasteiger partial charge in [0.1, 0.15) is 0 Å². The van der Waals surface area contributed by atoms with E-state index in [9.17, 15) is 9.90 Å². The van der Waals surface area contributed by atoms with Crippen LogP contribution in [0.3, 0.4) is 0 Å². The summed E-state index contributed by atoms with van der Waals surface area (Å²) in [5.41, 5.74) is 0.687. The molecule has 0 saturated carbocycles. The Balaban J connectivity index is 2.14. The molecule has 1 unspecified atom stereocenters. The fourth-order valence-corrected chi connectivity index (χ4v) is 3.33. The van der Waals surface area contributed by atoms with Crippen LogP contribution in [-0.4, -0.2) is 48.2 Å². The van der Waals surface area contributed by atoms with E-state index >= 15 is 0 Å². The Morgan fingerprint density at radius 1 is 1.55 bits per heavy atom. The number of carbonyl (C=O) groups is 1. The summed E-state index contributed by atoms with van der Waals surface area (Å²) in [7, 11) is 0. The van der Waals surface area contributed by atoms with Gasteiger partial charge in [-0.15, -0.1) is 0 Å². The third kappa shape index (κ3) is 4.16. The van der Waals surface area contributed by atoms with Crippen molar-refractivity contribution in [1.82, 2.24) is 10.2 Å². The summed E-state index contributed by atoms with van der Waals surface area (Å²) in [6.45, 7) is 2.03. The molecule has 6 heteroatoms. The first-order chi connectivity index (χ1) is 9.61. The van der Waals surface area contributed by atoms with Gasteiger partial charge in [0.25, 0.3) is 5.91 Å². The third-order valence-electron chi connectivity index (χ3n) is 3.42. The molecular formula is C14H18BrIN2O2. The van der Waals surface area contributed by atoms with E-state index in [2.05, 4.69) is 43.8 Å². The van der Waals surface area contributed by atoms with E-state index in [0.717, 1.165) is 27.4 Å². The minimum atomic E-state index is -0.0153. The van der Waals surface area contributed by atoms with Crippen LogP contribution >= 0.6 is 38.5 Å². The number of aliphatic hydroxyl groups is 1. The zero-order chi connectivity index (χ0) is 14.5. The van der Waals surface area contributed by atoms with Gasteiger partial charge in [0.05, 0.1) is 12.2 Å². The zero-order valence-electron chi connectivity index (χ0n) is 11.1. The van der Waals surface area contributed by atoms with E-state index in [4.69, 9.17) is 0 Å². The molecule has 1 saturated heterocycles. The summed E-state index contributed by atoms with van der Waals surface area (Å²) in [4.78, 5) is 14.4. The van der Waals surface area contributed by atoms with Crippen LogP contribution in [0, 0.1) is 3.57 Å².